The molecule has 0 fully saturated rings. The lowest BCUT2D eigenvalue weighted by molar-refractivity contribution is -0.384. The normalized spacial score (nSPS) is 12.0. The first-order valence-corrected chi connectivity index (χ1v) is 9.38. The van der Waals surface area contributed by atoms with Crippen LogP contribution in [0.15, 0.2) is 55.1 Å². The van der Waals surface area contributed by atoms with Gasteiger partial charge in [0, 0.05) is 11.6 Å². The Morgan fingerprint density at radius 1 is 1.17 bits per heavy atom. The van der Waals surface area contributed by atoms with Crippen LogP contribution in [0, 0.1) is 16.0 Å². The molecule has 0 spiro atoms. The van der Waals surface area contributed by atoms with E-state index in [-0.39, 0.29) is 28.9 Å². The lowest BCUT2D eigenvalue weighted by Crippen LogP contribution is -2.26. The van der Waals surface area contributed by atoms with E-state index in [1.165, 1.54) is 41.1 Å². The lowest BCUT2D eigenvalue weighted by Gasteiger charge is -2.15. The van der Waals surface area contributed by atoms with Gasteiger partial charge in [-0.05, 0) is 42.5 Å². The number of rotatable bonds is 7. The van der Waals surface area contributed by atoms with E-state index in [2.05, 4.69) is 41.4 Å². The Hall–Kier alpha value is -3.55. The van der Waals surface area contributed by atoms with Crippen LogP contribution in [0.5, 0.6) is 0 Å². The first-order chi connectivity index (χ1) is 13.8. The molecule has 1 atom stereocenters. The molecule has 0 saturated heterocycles. The molecular weight excluding hydrogens is 370 g/mol. The van der Waals surface area contributed by atoms with Crippen LogP contribution in [-0.4, -0.2) is 25.6 Å². The van der Waals surface area contributed by atoms with E-state index >= 15 is 0 Å². The van der Waals surface area contributed by atoms with Gasteiger partial charge in [0.15, 0.2) is 0 Å². The summed E-state index contributed by atoms with van der Waals surface area (Å²) in [5.74, 6) is 0.200. The van der Waals surface area contributed by atoms with E-state index in [0.29, 0.717) is 5.92 Å². The molecule has 1 heterocycles. The fourth-order valence-corrected chi connectivity index (χ4v) is 3.11. The van der Waals surface area contributed by atoms with Crippen LogP contribution in [0.25, 0.3) is 5.69 Å². The average Bonchev–Trinajstić information content (AvgIpc) is 3.22. The first-order valence-electron chi connectivity index (χ1n) is 9.38. The van der Waals surface area contributed by atoms with Gasteiger partial charge in [0.1, 0.15) is 18.3 Å². The molecule has 1 unspecified atom stereocenters. The first kappa shape index (κ1) is 20.2. The minimum absolute atomic E-state index is 0.212. The summed E-state index contributed by atoms with van der Waals surface area (Å²) in [6.07, 6.45) is 3.66. The Labute approximate surface area is 168 Å². The molecule has 1 aromatic heterocycles. The quantitative estimate of drug-likeness (QED) is 0.485. The Kier molecular flexibility index (Phi) is 6.01. The van der Waals surface area contributed by atoms with Gasteiger partial charge < -0.3 is 5.32 Å². The van der Waals surface area contributed by atoms with E-state index in [1.54, 1.807) is 0 Å². The van der Waals surface area contributed by atoms with Crippen LogP contribution in [-0.2, 0) is 6.42 Å². The number of amides is 1. The summed E-state index contributed by atoms with van der Waals surface area (Å²) >= 11 is 0. The van der Waals surface area contributed by atoms with Gasteiger partial charge in [0.05, 0.1) is 11.0 Å². The summed E-state index contributed by atoms with van der Waals surface area (Å²) in [5, 5.41) is 18.3. The third kappa shape index (κ3) is 4.84. The van der Waals surface area contributed by atoms with Gasteiger partial charge in [-0.25, -0.2) is 9.67 Å². The lowest BCUT2D eigenvalue weighted by atomic mass is 10.00. The molecular formula is C21H23N5O3. The topological polar surface area (TPSA) is 103 Å². The van der Waals surface area contributed by atoms with Crippen LogP contribution >= 0.6 is 0 Å². The van der Waals surface area contributed by atoms with Crippen molar-refractivity contribution < 1.29 is 9.72 Å². The van der Waals surface area contributed by atoms with Gasteiger partial charge in [0.2, 0.25) is 0 Å². The Bertz CT molecular complexity index is 998. The minimum Gasteiger partial charge on any atom is -0.346 e. The van der Waals surface area contributed by atoms with Crippen LogP contribution in [0.2, 0.25) is 0 Å². The van der Waals surface area contributed by atoms with Gasteiger partial charge in [-0.15, -0.1) is 0 Å². The maximum atomic E-state index is 12.6. The Balaban J connectivity index is 1.76. The van der Waals surface area contributed by atoms with Gasteiger partial charge in [-0.1, -0.05) is 38.1 Å². The Morgan fingerprint density at radius 2 is 1.90 bits per heavy atom. The Morgan fingerprint density at radius 3 is 2.48 bits per heavy atom. The fourth-order valence-electron chi connectivity index (χ4n) is 3.11. The van der Waals surface area contributed by atoms with Gasteiger partial charge in [-0.3, -0.25) is 14.9 Å². The maximum Gasteiger partial charge on any atom is 0.295 e. The monoisotopic (exact) mass is 393 g/mol. The van der Waals surface area contributed by atoms with Crippen LogP contribution in [0.4, 0.5) is 5.69 Å². The molecule has 0 aliphatic rings. The molecule has 2 aromatic carbocycles. The van der Waals surface area contributed by atoms with E-state index in [0.717, 1.165) is 12.0 Å². The van der Waals surface area contributed by atoms with E-state index in [1.807, 2.05) is 19.1 Å². The molecule has 150 valence electrons. The number of carbonyl (C=O) groups is 1. The van der Waals surface area contributed by atoms with Gasteiger partial charge in [0.25, 0.3) is 11.6 Å². The molecule has 8 heteroatoms. The van der Waals surface area contributed by atoms with Crippen molar-refractivity contribution in [3.05, 3.63) is 81.9 Å². The number of carbonyl (C=O) groups excluding carboxylic acids is 1. The molecule has 8 nitrogen and oxygen atoms in total. The van der Waals surface area contributed by atoms with Crippen molar-refractivity contribution in [2.75, 3.05) is 0 Å². The molecule has 1 amide bonds. The second-order valence-corrected chi connectivity index (χ2v) is 7.34. The summed E-state index contributed by atoms with van der Waals surface area (Å²) in [6, 6.07) is 12.2. The number of hydrogen-bond acceptors (Lipinski definition) is 5. The second-order valence-electron chi connectivity index (χ2n) is 7.34. The summed E-state index contributed by atoms with van der Waals surface area (Å²) in [7, 11) is 0. The van der Waals surface area contributed by atoms with Crippen LogP contribution in [0.3, 0.4) is 0 Å². The predicted octanol–water partition coefficient (Wildman–Crippen LogP) is 3.87. The highest BCUT2D eigenvalue weighted by Crippen LogP contribution is 2.24. The van der Waals surface area contributed by atoms with Crippen molar-refractivity contribution >= 4 is 11.6 Å². The van der Waals surface area contributed by atoms with Crippen molar-refractivity contribution in [1.29, 1.82) is 0 Å². The number of aromatic nitrogens is 3. The standard InChI is InChI=1S/C21H23N5O3/c1-14(2)10-16-4-6-17(7-5-16)15(3)24-21(27)18-8-9-19(20(11-18)26(28)29)25-13-22-12-23-25/h4-9,11-15H,10H2,1-3H3,(H,24,27). The number of nitrogens with zero attached hydrogens (tertiary/aromatic N) is 4. The molecule has 0 saturated carbocycles. The molecule has 0 aliphatic heterocycles. The molecule has 0 radical (unpaired) electrons. The number of nitrogens with one attached hydrogen (secondary N) is 1. The number of hydrogen-bond donors (Lipinski definition) is 1. The number of nitro benzene ring substituents is 1. The van der Waals surface area contributed by atoms with Crippen molar-refractivity contribution in [2.24, 2.45) is 5.92 Å². The molecule has 0 aliphatic carbocycles. The maximum absolute atomic E-state index is 12.6. The minimum atomic E-state index is -0.537. The highest BCUT2D eigenvalue weighted by molar-refractivity contribution is 5.95. The van der Waals surface area contributed by atoms with E-state index < -0.39 is 4.92 Å². The second kappa shape index (κ2) is 8.64. The predicted molar refractivity (Wildman–Crippen MR) is 109 cm³/mol. The van der Waals surface area contributed by atoms with Crippen molar-refractivity contribution in [3.8, 4) is 5.69 Å². The summed E-state index contributed by atoms with van der Waals surface area (Å²) in [5.41, 5.74) is 2.47. The van der Waals surface area contributed by atoms with Crippen LogP contribution in [0.1, 0.15) is 48.3 Å². The van der Waals surface area contributed by atoms with Crippen molar-refractivity contribution in [3.63, 3.8) is 0 Å². The van der Waals surface area contributed by atoms with Gasteiger partial charge in [-0.2, -0.15) is 5.10 Å². The smallest absolute Gasteiger partial charge is 0.295 e. The largest absolute Gasteiger partial charge is 0.346 e. The molecule has 3 aromatic rings. The van der Waals surface area contributed by atoms with Crippen molar-refractivity contribution in [1.82, 2.24) is 20.1 Å². The third-order valence-corrected chi connectivity index (χ3v) is 4.57. The van der Waals surface area contributed by atoms with E-state index in [9.17, 15) is 14.9 Å². The zero-order chi connectivity index (χ0) is 21.0. The summed E-state index contributed by atoms with van der Waals surface area (Å²) in [6.45, 7) is 6.22. The summed E-state index contributed by atoms with van der Waals surface area (Å²) in [4.78, 5) is 27.4. The number of nitro groups is 1. The molecule has 29 heavy (non-hydrogen) atoms. The zero-order valence-electron chi connectivity index (χ0n) is 16.6. The van der Waals surface area contributed by atoms with E-state index in [4.69, 9.17) is 0 Å². The highest BCUT2D eigenvalue weighted by atomic mass is 16.6. The molecule has 0 bridgehead atoms. The average molecular weight is 393 g/mol. The summed E-state index contributed by atoms with van der Waals surface area (Å²) < 4.78 is 1.29. The molecule has 1 N–H and O–H groups in total. The van der Waals surface area contributed by atoms with Gasteiger partial charge >= 0.3 is 0 Å². The zero-order valence-corrected chi connectivity index (χ0v) is 16.6. The molecule has 3 rings (SSSR count). The fraction of sp³-hybridized carbons (Fsp3) is 0.286. The third-order valence-electron chi connectivity index (χ3n) is 4.57. The number of benzene rings is 2. The highest BCUT2D eigenvalue weighted by Gasteiger charge is 2.20. The SMILES string of the molecule is CC(C)Cc1ccc(C(C)NC(=O)c2ccc(-n3cncn3)c([N+](=O)[O-])c2)cc1. The van der Waals surface area contributed by atoms with Crippen LogP contribution < -0.4 is 5.32 Å². The van der Waals surface area contributed by atoms with Crippen molar-refractivity contribution in [2.45, 2.75) is 33.2 Å².